The fourth-order valence-corrected chi connectivity index (χ4v) is 4.07. The van der Waals surface area contributed by atoms with Gasteiger partial charge in [-0.3, -0.25) is 9.36 Å². The Labute approximate surface area is 184 Å². The molecule has 0 saturated heterocycles. The van der Waals surface area contributed by atoms with Crippen molar-refractivity contribution in [3.05, 3.63) is 111 Å². The Kier molecular flexibility index (Phi) is 4.90. The van der Waals surface area contributed by atoms with E-state index in [1.54, 1.807) is 18.2 Å². The Bertz CT molecular complexity index is 1470. The second kappa shape index (κ2) is 7.74. The summed E-state index contributed by atoms with van der Waals surface area (Å²) in [7, 11) is 0. The highest BCUT2D eigenvalue weighted by atomic mass is 79.9. The van der Waals surface area contributed by atoms with Crippen LogP contribution >= 0.6 is 15.9 Å². The molecule has 0 bridgehead atoms. The number of hydrogen-bond donors (Lipinski definition) is 0. The van der Waals surface area contributed by atoms with E-state index in [9.17, 15) is 13.6 Å². The standard InChI is InChI=1S/C24H16BrF2N3O/c25-17-5-1-16(2-6-17)13-30-21-10-9-19(27)11-20(21)22-23(30)24(31)29(14-28-22)12-15-3-7-18(26)8-4-15/h1-11,14H,12-13H2. The van der Waals surface area contributed by atoms with E-state index in [0.29, 0.717) is 23.0 Å². The molecule has 0 aliphatic carbocycles. The lowest BCUT2D eigenvalue weighted by molar-refractivity contribution is 0.626. The average Bonchev–Trinajstić information content (AvgIpc) is 3.06. The van der Waals surface area contributed by atoms with Gasteiger partial charge in [-0.2, -0.15) is 0 Å². The van der Waals surface area contributed by atoms with E-state index in [1.165, 1.54) is 35.2 Å². The highest BCUT2D eigenvalue weighted by Crippen LogP contribution is 2.27. The predicted octanol–water partition coefficient (Wildman–Crippen LogP) is 5.49. The first kappa shape index (κ1) is 19.6. The van der Waals surface area contributed by atoms with Crippen molar-refractivity contribution in [1.82, 2.24) is 14.1 Å². The van der Waals surface area contributed by atoms with Crippen LogP contribution in [-0.4, -0.2) is 14.1 Å². The number of fused-ring (bicyclic) bond motifs is 3. The molecule has 0 amide bonds. The van der Waals surface area contributed by atoms with Gasteiger partial charge in [0.2, 0.25) is 0 Å². The van der Waals surface area contributed by atoms with E-state index in [0.717, 1.165) is 21.1 Å². The summed E-state index contributed by atoms with van der Waals surface area (Å²) in [5, 5.41) is 0.596. The summed E-state index contributed by atoms with van der Waals surface area (Å²) in [6, 6.07) is 18.3. The van der Waals surface area contributed by atoms with Gasteiger partial charge in [-0.15, -0.1) is 0 Å². The van der Waals surface area contributed by atoms with Crippen molar-refractivity contribution in [2.24, 2.45) is 0 Å². The molecular formula is C24H16BrF2N3O. The first-order valence-corrected chi connectivity index (χ1v) is 10.4. The maximum absolute atomic E-state index is 14.0. The molecule has 31 heavy (non-hydrogen) atoms. The summed E-state index contributed by atoms with van der Waals surface area (Å²) in [5.74, 6) is -0.714. The fraction of sp³-hybridized carbons (Fsp3) is 0.0833. The molecule has 2 aromatic heterocycles. The third kappa shape index (κ3) is 3.65. The minimum atomic E-state index is -0.382. The molecule has 0 aliphatic rings. The van der Waals surface area contributed by atoms with Crippen LogP contribution in [-0.2, 0) is 13.1 Å². The molecule has 154 valence electrons. The van der Waals surface area contributed by atoms with Gasteiger partial charge in [-0.05, 0) is 53.6 Å². The van der Waals surface area contributed by atoms with Gasteiger partial charge < -0.3 is 4.57 Å². The summed E-state index contributed by atoms with van der Waals surface area (Å²) in [5.41, 5.74) is 3.16. The molecule has 2 heterocycles. The Morgan fingerprint density at radius 3 is 2.23 bits per heavy atom. The average molecular weight is 480 g/mol. The summed E-state index contributed by atoms with van der Waals surface area (Å²) in [6.45, 7) is 0.701. The van der Waals surface area contributed by atoms with E-state index < -0.39 is 0 Å². The Hall–Kier alpha value is -3.32. The first-order valence-electron chi connectivity index (χ1n) is 9.65. The molecule has 7 heteroatoms. The molecular weight excluding hydrogens is 464 g/mol. The summed E-state index contributed by atoms with van der Waals surface area (Å²) < 4.78 is 31.5. The van der Waals surface area contributed by atoms with Gasteiger partial charge in [0, 0.05) is 16.4 Å². The largest absolute Gasteiger partial charge is 0.330 e. The van der Waals surface area contributed by atoms with E-state index >= 15 is 0 Å². The van der Waals surface area contributed by atoms with Crippen molar-refractivity contribution in [1.29, 1.82) is 0 Å². The number of rotatable bonds is 4. The SMILES string of the molecule is O=c1c2c(ncn1Cc1ccc(F)cc1)c1cc(F)ccc1n2Cc1ccc(Br)cc1. The van der Waals surface area contributed by atoms with Gasteiger partial charge in [0.15, 0.2) is 0 Å². The van der Waals surface area contributed by atoms with Crippen LogP contribution < -0.4 is 5.56 Å². The van der Waals surface area contributed by atoms with Crippen molar-refractivity contribution in [2.75, 3.05) is 0 Å². The molecule has 0 atom stereocenters. The van der Waals surface area contributed by atoms with Crippen LogP contribution in [0.1, 0.15) is 11.1 Å². The van der Waals surface area contributed by atoms with Gasteiger partial charge in [-0.25, -0.2) is 13.8 Å². The quantitative estimate of drug-likeness (QED) is 0.342. The second-order valence-corrected chi connectivity index (χ2v) is 8.29. The predicted molar refractivity (Wildman–Crippen MR) is 120 cm³/mol. The molecule has 5 aromatic rings. The van der Waals surface area contributed by atoms with Crippen LogP contribution in [0.5, 0.6) is 0 Å². The van der Waals surface area contributed by atoms with E-state index in [2.05, 4.69) is 20.9 Å². The van der Waals surface area contributed by atoms with Crippen molar-refractivity contribution in [3.63, 3.8) is 0 Å². The zero-order valence-corrected chi connectivity index (χ0v) is 17.8. The summed E-state index contributed by atoms with van der Waals surface area (Å²) in [4.78, 5) is 17.9. The molecule has 0 unspecified atom stereocenters. The van der Waals surface area contributed by atoms with E-state index in [1.807, 2.05) is 28.8 Å². The topological polar surface area (TPSA) is 39.8 Å². The van der Waals surface area contributed by atoms with Crippen LogP contribution in [0.4, 0.5) is 8.78 Å². The van der Waals surface area contributed by atoms with Crippen molar-refractivity contribution < 1.29 is 8.78 Å². The van der Waals surface area contributed by atoms with Crippen LogP contribution in [0.3, 0.4) is 0 Å². The van der Waals surface area contributed by atoms with Gasteiger partial charge in [-0.1, -0.05) is 40.2 Å². The third-order valence-corrected chi connectivity index (χ3v) is 5.84. The zero-order chi connectivity index (χ0) is 21.5. The molecule has 0 fully saturated rings. The van der Waals surface area contributed by atoms with Gasteiger partial charge in [0.25, 0.3) is 5.56 Å². The highest BCUT2D eigenvalue weighted by molar-refractivity contribution is 9.10. The number of hydrogen-bond acceptors (Lipinski definition) is 2. The minimum absolute atomic E-state index is 0.233. The number of halogens is 3. The highest BCUT2D eigenvalue weighted by Gasteiger charge is 2.17. The Morgan fingerprint density at radius 1 is 0.839 bits per heavy atom. The lowest BCUT2D eigenvalue weighted by Gasteiger charge is -2.10. The molecule has 0 aliphatic heterocycles. The van der Waals surface area contributed by atoms with Gasteiger partial charge >= 0.3 is 0 Å². The maximum Gasteiger partial charge on any atom is 0.278 e. The van der Waals surface area contributed by atoms with Crippen LogP contribution in [0, 0.1) is 11.6 Å². The van der Waals surface area contributed by atoms with Crippen LogP contribution in [0.25, 0.3) is 21.9 Å². The van der Waals surface area contributed by atoms with Crippen LogP contribution in [0.15, 0.2) is 82.3 Å². The molecule has 5 rings (SSSR count). The maximum atomic E-state index is 14.0. The molecule has 0 saturated carbocycles. The monoisotopic (exact) mass is 479 g/mol. The van der Waals surface area contributed by atoms with Crippen molar-refractivity contribution in [3.8, 4) is 0 Å². The van der Waals surface area contributed by atoms with E-state index in [-0.39, 0.29) is 23.7 Å². The van der Waals surface area contributed by atoms with E-state index in [4.69, 9.17) is 0 Å². The van der Waals surface area contributed by atoms with Crippen molar-refractivity contribution >= 4 is 37.9 Å². The Balaban J connectivity index is 1.70. The number of nitrogens with zero attached hydrogens (tertiary/aromatic N) is 3. The lowest BCUT2D eigenvalue weighted by atomic mass is 10.2. The second-order valence-electron chi connectivity index (χ2n) is 7.38. The third-order valence-electron chi connectivity index (χ3n) is 5.31. The number of aromatic nitrogens is 3. The molecule has 0 radical (unpaired) electrons. The fourth-order valence-electron chi connectivity index (χ4n) is 3.81. The molecule has 4 nitrogen and oxygen atoms in total. The van der Waals surface area contributed by atoms with Gasteiger partial charge in [0.1, 0.15) is 22.7 Å². The number of benzene rings is 3. The normalized spacial score (nSPS) is 11.5. The Morgan fingerprint density at radius 2 is 1.48 bits per heavy atom. The van der Waals surface area contributed by atoms with Crippen molar-refractivity contribution in [2.45, 2.75) is 13.1 Å². The smallest absolute Gasteiger partial charge is 0.278 e. The summed E-state index contributed by atoms with van der Waals surface area (Å²) >= 11 is 3.43. The molecule has 0 N–H and O–H groups in total. The summed E-state index contributed by atoms with van der Waals surface area (Å²) in [6.07, 6.45) is 1.46. The van der Waals surface area contributed by atoms with Gasteiger partial charge in [0.05, 0.1) is 18.4 Å². The minimum Gasteiger partial charge on any atom is -0.330 e. The molecule has 0 spiro atoms. The lowest BCUT2D eigenvalue weighted by Crippen LogP contribution is -2.23. The zero-order valence-electron chi connectivity index (χ0n) is 16.2. The first-order chi connectivity index (χ1) is 15.0. The van der Waals surface area contributed by atoms with Crippen LogP contribution in [0.2, 0.25) is 0 Å². The molecule has 3 aromatic carbocycles.